The number of nitrogens with zero attached hydrogens (tertiary/aromatic N) is 4. The van der Waals surface area contributed by atoms with Gasteiger partial charge in [0.15, 0.2) is 17.8 Å². The van der Waals surface area contributed by atoms with Crippen molar-refractivity contribution in [3.05, 3.63) is 129 Å². The largest absolute Gasteiger partial charge is 0.488 e. The number of halogens is 2. The monoisotopic (exact) mass is 720 g/mol. The van der Waals surface area contributed by atoms with Crippen molar-refractivity contribution < 1.29 is 23.4 Å². The van der Waals surface area contributed by atoms with Gasteiger partial charge in [-0.05, 0) is 87.9 Å². The third-order valence-electron chi connectivity index (χ3n) is 8.77. The van der Waals surface area contributed by atoms with Crippen molar-refractivity contribution in [1.29, 1.82) is 0 Å². The molecular weight excluding hydrogens is 691 g/mol. The Labute approximate surface area is 289 Å². The first-order chi connectivity index (χ1) is 23.9. The fourth-order valence-corrected chi connectivity index (χ4v) is 6.72. The molecule has 246 valence electrons. The molecule has 0 radical (unpaired) electrons. The summed E-state index contributed by atoms with van der Waals surface area (Å²) in [5.74, 6) is 0.0245. The molecule has 0 spiro atoms. The number of imidazole rings is 1. The molecule has 12 heteroatoms. The lowest BCUT2D eigenvalue weighted by atomic mass is 10.0. The Kier molecular flexibility index (Phi) is 8.28. The van der Waals surface area contributed by atoms with Crippen LogP contribution in [0.3, 0.4) is 0 Å². The van der Waals surface area contributed by atoms with E-state index in [4.69, 9.17) is 29.9 Å². The normalized spacial score (nSPS) is 15.8. The number of carbonyl (C=O) groups excluding carboxylic acids is 1. The van der Waals surface area contributed by atoms with Crippen LogP contribution in [-0.4, -0.2) is 38.6 Å². The zero-order valence-corrected chi connectivity index (χ0v) is 27.7. The highest BCUT2D eigenvalue weighted by atomic mass is 79.9. The highest BCUT2D eigenvalue weighted by Gasteiger charge is 2.30. The van der Waals surface area contributed by atoms with Crippen molar-refractivity contribution in [2.24, 2.45) is 0 Å². The molecule has 1 aliphatic heterocycles. The third kappa shape index (κ3) is 6.03. The first-order valence-corrected chi connectivity index (χ1v) is 16.7. The van der Waals surface area contributed by atoms with Crippen molar-refractivity contribution in [2.45, 2.75) is 31.8 Å². The van der Waals surface area contributed by atoms with Gasteiger partial charge >= 0.3 is 0 Å². The minimum atomic E-state index is -0.759. The maximum absolute atomic E-state index is 15.6. The first kappa shape index (κ1) is 31.1. The molecule has 2 aliphatic rings. The van der Waals surface area contributed by atoms with Crippen LogP contribution in [0.4, 0.5) is 10.2 Å². The predicted octanol–water partition coefficient (Wildman–Crippen LogP) is 7.01. The lowest BCUT2D eigenvalue weighted by molar-refractivity contribution is -0.0459. The molecule has 49 heavy (non-hydrogen) atoms. The number of pyridine rings is 2. The average molecular weight is 722 g/mol. The Morgan fingerprint density at radius 3 is 2.65 bits per heavy atom. The van der Waals surface area contributed by atoms with Gasteiger partial charge in [-0.1, -0.05) is 36.4 Å². The summed E-state index contributed by atoms with van der Waals surface area (Å²) in [5.41, 5.74) is 12.5. The van der Waals surface area contributed by atoms with E-state index in [2.05, 4.69) is 32.3 Å². The number of carbonyl (C=O) groups is 1. The van der Waals surface area contributed by atoms with E-state index in [0.717, 1.165) is 22.4 Å². The van der Waals surface area contributed by atoms with E-state index in [1.165, 1.54) is 12.1 Å². The van der Waals surface area contributed by atoms with Gasteiger partial charge in [0.1, 0.15) is 34.1 Å². The van der Waals surface area contributed by atoms with Gasteiger partial charge in [-0.15, -0.1) is 0 Å². The molecule has 0 bridgehead atoms. The zero-order chi connectivity index (χ0) is 33.5. The van der Waals surface area contributed by atoms with Crippen LogP contribution in [0.1, 0.15) is 51.4 Å². The summed E-state index contributed by atoms with van der Waals surface area (Å²) < 4.78 is 35.7. The highest BCUT2D eigenvalue weighted by Crippen LogP contribution is 2.38. The van der Waals surface area contributed by atoms with Gasteiger partial charge in [0.05, 0.1) is 35.9 Å². The molecule has 3 aromatic carbocycles. The van der Waals surface area contributed by atoms with Crippen molar-refractivity contribution in [1.82, 2.24) is 24.8 Å². The number of anilines is 1. The van der Waals surface area contributed by atoms with Gasteiger partial charge in [-0.3, -0.25) is 9.36 Å². The van der Waals surface area contributed by atoms with Crippen LogP contribution in [-0.2, 0) is 22.5 Å². The maximum atomic E-state index is 15.6. The van der Waals surface area contributed by atoms with Gasteiger partial charge in [-0.25, -0.2) is 19.3 Å². The Bertz CT molecular complexity index is 2210. The summed E-state index contributed by atoms with van der Waals surface area (Å²) in [6.07, 6.45) is 2.25. The van der Waals surface area contributed by atoms with Crippen LogP contribution < -0.4 is 15.8 Å². The number of hydrogen-bond donors (Lipinski definition) is 2. The summed E-state index contributed by atoms with van der Waals surface area (Å²) in [5, 5.41) is 3.06. The Morgan fingerprint density at radius 1 is 1.00 bits per heavy atom. The van der Waals surface area contributed by atoms with E-state index in [1.807, 2.05) is 71.3 Å². The zero-order valence-electron chi connectivity index (χ0n) is 26.1. The van der Waals surface area contributed by atoms with E-state index in [1.54, 1.807) is 6.20 Å². The number of rotatable bonds is 8. The van der Waals surface area contributed by atoms with Crippen LogP contribution in [0, 0.1) is 5.82 Å². The molecule has 10 nitrogen and oxygen atoms in total. The van der Waals surface area contributed by atoms with Crippen molar-refractivity contribution >= 4 is 38.8 Å². The first-order valence-electron chi connectivity index (χ1n) is 15.9. The van der Waals surface area contributed by atoms with Crippen LogP contribution in [0.15, 0.2) is 95.7 Å². The molecule has 1 fully saturated rings. The molecule has 3 aromatic heterocycles. The molecule has 1 saturated heterocycles. The number of benzene rings is 3. The molecule has 8 rings (SSSR count). The molecule has 3 N–H and O–H groups in total. The van der Waals surface area contributed by atoms with Crippen molar-refractivity contribution in [2.75, 3.05) is 18.9 Å². The summed E-state index contributed by atoms with van der Waals surface area (Å²) in [4.78, 5) is 27.5. The van der Waals surface area contributed by atoms with Gasteiger partial charge in [0.25, 0.3) is 5.91 Å². The standard InChI is InChI=1S/C37H30BrFN6O4/c38-32-13-12-30-35(44-32)45(34(42-30)25-7-4-14-41-33(25)40)23-9-10-24-22(17-23)8-11-29(24)43-36(46)26-18-27(37-47-15-16-48-37)31(19-28(26)39)49-20-21-5-2-1-3-6-21/h1-7,9-10,12-14,17-19,29,37H,8,11,15-16,20H2,(H2,40,41)(H,43,46)/t29-/m0/s1. The Balaban J connectivity index is 1.08. The van der Waals surface area contributed by atoms with E-state index < -0.39 is 18.0 Å². The summed E-state index contributed by atoms with van der Waals surface area (Å²) in [6, 6.07) is 25.5. The second-order valence-corrected chi connectivity index (χ2v) is 12.7. The minimum Gasteiger partial charge on any atom is -0.488 e. The van der Waals surface area contributed by atoms with Crippen LogP contribution in [0.5, 0.6) is 5.75 Å². The second-order valence-electron chi connectivity index (χ2n) is 11.8. The molecule has 0 saturated carbocycles. The average Bonchev–Trinajstić information content (AvgIpc) is 3.87. The van der Waals surface area contributed by atoms with Crippen molar-refractivity contribution in [3.63, 3.8) is 0 Å². The van der Waals surface area contributed by atoms with Gasteiger partial charge in [0, 0.05) is 18.0 Å². The number of nitrogens with one attached hydrogen (secondary N) is 1. The number of ether oxygens (including phenoxy) is 3. The van der Waals surface area contributed by atoms with E-state index in [0.29, 0.717) is 64.6 Å². The second kappa shape index (κ2) is 13.0. The van der Waals surface area contributed by atoms with Crippen LogP contribution in [0.2, 0.25) is 0 Å². The fraction of sp³-hybridized carbons (Fsp3) is 0.189. The highest BCUT2D eigenvalue weighted by molar-refractivity contribution is 9.10. The SMILES string of the molecule is Nc1ncccc1-c1nc2ccc(Br)nc2n1-c1ccc2c(c1)CC[C@@H]2NC(=O)c1cc(C2OCCO2)c(OCc2ccccc2)cc1F. The van der Waals surface area contributed by atoms with Crippen LogP contribution in [0.25, 0.3) is 28.2 Å². The molecule has 0 unspecified atom stereocenters. The number of hydrogen-bond acceptors (Lipinski definition) is 8. The van der Waals surface area contributed by atoms with E-state index in [9.17, 15) is 4.79 Å². The molecule has 1 amide bonds. The molecule has 1 aliphatic carbocycles. The smallest absolute Gasteiger partial charge is 0.254 e. The Morgan fingerprint density at radius 2 is 1.84 bits per heavy atom. The number of aryl methyl sites for hydroxylation is 1. The topological polar surface area (TPSA) is 126 Å². The molecular formula is C37H30BrFN6O4. The number of fused-ring (bicyclic) bond motifs is 2. The van der Waals surface area contributed by atoms with Gasteiger partial charge in [-0.2, -0.15) is 0 Å². The maximum Gasteiger partial charge on any atom is 0.254 e. The number of nitrogens with two attached hydrogens (primary N) is 1. The number of amides is 1. The van der Waals surface area contributed by atoms with E-state index >= 15 is 4.39 Å². The lowest BCUT2D eigenvalue weighted by Crippen LogP contribution is -2.28. The summed E-state index contributed by atoms with van der Waals surface area (Å²) in [7, 11) is 0. The van der Waals surface area contributed by atoms with Crippen molar-refractivity contribution in [3.8, 4) is 22.8 Å². The predicted molar refractivity (Wildman–Crippen MR) is 185 cm³/mol. The third-order valence-corrected chi connectivity index (χ3v) is 9.22. The molecule has 6 aromatic rings. The molecule has 4 heterocycles. The fourth-order valence-electron chi connectivity index (χ4n) is 6.42. The summed E-state index contributed by atoms with van der Waals surface area (Å²) in [6.45, 7) is 1.01. The van der Waals surface area contributed by atoms with Gasteiger partial charge < -0.3 is 25.3 Å². The molecule has 1 atom stereocenters. The number of aromatic nitrogens is 4. The Hall–Kier alpha value is -5.17. The van der Waals surface area contributed by atoms with Gasteiger partial charge in [0.2, 0.25) is 0 Å². The number of nitrogen functional groups attached to an aromatic ring is 1. The quantitative estimate of drug-likeness (QED) is 0.161. The summed E-state index contributed by atoms with van der Waals surface area (Å²) >= 11 is 3.49. The minimum absolute atomic E-state index is 0.105. The lowest BCUT2D eigenvalue weighted by Gasteiger charge is -2.19. The van der Waals surface area contributed by atoms with Crippen LogP contribution >= 0.6 is 15.9 Å². The van der Waals surface area contributed by atoms with E-state index in [-0.39, 0.29) is 24.0 Å².